The first kappa shape index (κ1) is 14.0. The molecule has 2 aromatic carbocycles. The van der Waals surface area contributed by atoms with Crippen molar-refractivity contribution in [2.75, 3.05) is 11.9 Å². The summed E-state index contributed by atoms with van der Waals surface area (Å²) in [6.45, 7) is -0.297. The third-order valence-corrected chi connectivity index (χ3v) is 3.18. The van der Waals surface area contributed by atoms with Crippen LogP contribution in [0.4, 0.5) is 14.5 Å². The van der Waals surface area contributed by atoms with Gasteiger partial charge in [0.15, 0.2) is 0 Å². The van der Waals surface area contributed by atoms with Crippen LogP contribution >= 0.6 is 15.9 Å². The van der Waals surface area contributed by atoms with Crippen molar-refractivity contribution in [1.29, 1.82) is 0 Å². The van der Waals surface area contributed by atoms with Crippen molar-refractivity contribution < 1.29 is 13.9 Å². The minimum Gasteiger partial charge on any atom is -0.394 e. The number of rotatable bonds is 4. The summed E-state index contributed by atoms with van der Waals surface area (Å²) in [6, 6.07) is 9.97. The van der Waals surface area contributed by atoms with Crippen LogP contribution in [0.3, 0.4) is 0 Å². The fourth-order valence-corrected chi connectivity index (χ4v) is 2.18. The molecule has 0 aliphatic rings. The van der Waals surface area contributed by atoms with Crippen LogP contribution in [0.1, 0.15) is 11.6 Å². The quantitative estimate of drug-likeness (QED) is 0.893. The van der Waals surface area contributed by atoms with Gasteiger partial charge in [-0.15, -0.1) is 0 Å². The second kappa shape index (κ2) is 6.12. The summed E-state index contributed by atoms with van der Waals surface area (Å²) < 4.78 is 27.4. The number of hydrogen-bond acceptors (Lipinski definition) is 2. The lowest BCUT2D eigenvalue weighted by Gasteiger charge is -2.18. The van der Waals surface area contributed by atoms with Gasteiger partial charge in [0.25, 0.3) is 0 Å². The number of benzene rings is 2. The van der Waals surface area contributed by atoms with E-state index in [1.165, 1.54) is 12.1 Å². The summed E-state index contributed by atoms with van der Waals surface area (Å²) in [5.74, 6) is -1.32. The molecule has 2 rings (SSSR count). The molecule has 100 valence electrons. The molecule has 0 radical (unpaired) electrons. The number of halogens is 3. The Morgan fingerprint density at radius 3 is 2.58 bits per heavy atom. The molecule has 0 bridgehead atoms. The molecule has 2 N–H and O–H groups in total. The number of aliphatic hydroxyl groups is 1. The molecule has 2 aromatic rings. The highest BCUT2D eigenvalue weighted by molar-refractivity contribution is 9.10. The molecule has 0 aliphatic carbocycles. The van der Waals surface area contributed by atoms with Gasteiger partial charge in [0.05, 0.1) is 12.6 Å². The van der Waals surface area contributed by atoms with E-state index >= 15 is 0 Å². The van der Waals surface area contributed by atoms with Crippen molar-refractivity contribution in [2.45, 2.75) is 6.04 Å². The van der Waals surface area contributed by atoms with E-state index in [9.17, 15) is 13.9 Å². The van der Waals surface area contributed by atoms with Crippen LogP contribution in [0, 0.1) is 11.6 Å². The topological polar surface area (TPSA) is 32.3 Å². The summed E-state index contributed by atoms with van der Waals surface area (Å²) in [6.07, 6.45) is 0. The number of hydrogen-bond donors (Lipinski definition) is 2. The first-order valence-corrected chi connectivity index (χ1v) is 6.47. The maximum Gasteiger partial charge on any atom is 0.131 e. The molecule has 0 saturated carbocycles. The van der Waals surface area contributed by atoms with Crippen molar-refractivity contribution in [1.82, 2.24) is 0 Å². The Bertz CT molecular complexity index is 577. The van der Waals surface area contributed by atoms with Crippen LogP contribution in [-0.4, -0.2) is 11.7 Å². The molecule has 19 heavy (non-hydrogen) atoms. The first-order valence-electron chi connectivity index (χ1n) is 5.68. The zero-order valence-electron chi connectivity index (χ0n) is 9.91. The van der Waals surface area contributed by atoms with Gasteiger partial charge in [-0.25, -0.2) is 8.78 Å². The zero-order valence-corrected chi connectivity index (χ0v) is 11.5. The standard InChI is InChI=1S/C14H12BrF2NO/c15-9-2-1-3-11(6-9)18-14(8-19)12-5-4-10(16)7-13(12)17/h1-7,14,18-19H,8H2. The van der Waals surface area contributed by atoms with Crippen molar-refractivity contribution >= 4 is 21.6 Å². The molecule has 2 nitrogen and oxygen atoms in total. The van der Waals surface area contributed by atoms with Crippen molar-refractivity contribution in [3.05, 3.63) is 64.1 Å². The second-order valence-corrected chi connectivity index (χ2v) is 4.97. The number of nitrogens with one attached hydrogen (secondary N) is 1. The minimum atomic E-state index is -0.679. The Labute approximate surface area is 118 Å². The Morgan fingerprint density at radius 1 is 1.16 bits per heavy atom. The van der Waals surface area contributed by atoms with Crippen LogP contribution in [0.5, 0.6) is 0 Å². The molecular weight excluding hydrogens is 316 g/mol. The van der Waals surface area contributed by atoms with Crippen LogP contribution < -0.4 is 5.32 Å². The lowest BCUT2D eigenvalue weighted by molar-refractivity contribution is 0.273. The van der Waals surface area contributed by atoms with Gasteiger partial charge in [0.2, 0.25) is 0 Å². The summed E-state index contributed by atoms with van der Waals surface area (Å²) in [7, 11) is 0. The van der Waals surface area contributed by atoms with Gasteiger partial charge in [0.1, 0.15) is 11.6 Å². The molecule has 0 fully saturated rings. The molecule has 0 aliphatic heterocycles. The van der Waals surface area contributed by atoms with Gasteiger partial charge in [-0.05, 0) is 24.3 Å². The van der Waals surface area contributed by atoms with Crippen LogP contribution in [0.25, 0.3) is 0 Å². The highest BCUT2D eigenvalue weighted by Crippen LogP contribution is 2.24. The highest BCUT2D eigenvalue weighted by atomic mass is 79.9. The molecule has 1 atom stereocenters. The average Bonchev–Trinajstić information content (AvgIpc) is 2.37. The van der Waals surface area contributed by atoms with Gasteiger partial charge >= 0.3 is 0 Å². The van der Waals surface area contributed by atoms with Gasteiger partial charge in [-0.2, -0.15) is 0 Å². The Hall–Kier alpha value is -1.46. The molecular formula is C14H12BrF2NO. The summed E-state index contributed by atoms with van der Waals surface area (Å²) in [5.41, 5.74) is 0.959. The van der Waals surface area contributed by atoms with Crippen LogP contribution in [0.2, 0.25) is 0 Å². The molecule has 0 aromatic heterocycles. The van der Waals surface area contributed by atoms with Crippen molar-refractivity contribution in [2.24, 2.45) is 0 Å². The van der Waals surface area contributed by atoms with Crippen molar-refractivity contribution in [3.63, 3.8) is 0 Å². The summed E-state index contributed by atoms with van der Waals surface area (Å²) in [4.78, 5) is 0. The first-order chi connectivity index (χ1) is 9.10. The van der Waals surface area contributed by atoms with E-state index < -0.39 is 17.7 Å². The van der Waals surface area contributed by atoms with E-state index in [1.807, 2.05) is 18.2 Å². The molecule has 0 spiro atoms. The molecule has 1 unspecified atom stereocenters. The lowest BCUT2D eigenvalue weighted by atomic mass is 10.1. The predicted molar refractivity (Wildman–Crippen MR) is 73.9 cm³/mol. The van der Waals surface area contributed by atoms with Gasteiger partial charge in [-0.1, -0.05) is 28.1 Å². The predicted octanol–water partition coefficient (Wildman–Crippen LogP) is 3.87. The van der Waals surface area contributed by atoms with Crippen LogP contribution in [0.15, 0.2) is 46.9 Å². The lowest BCUT2D eigenvalue weighted by Crippen LogP contribution is -2.16. The van der Waals surface area contributed by atoms with E-state index in [1.54, 1.807) is 6.07 Å². The summed E-state index contributed by atoms with van der Waals surface area (Å²) in [5, 5.41) is 12.4. The molecule has 0 saturated heterocycles. The van der Waals surface area contributed by atoms with E-state index in [4.69, 9.17) is 0 Å². The SMILES string of the molecule is OCC(Nc1cccc(Br)c1)c1ccc(F)cc1F. The normalized spacial score (nSPS) is 12.2. The van der Waals surface area contributed by atoms with E-state index in [0.29, 0.717) is 0 Å². The Balaban J connectivity index is 2.25. The molecule has 5 heteroatoms. The zero-order chi connectivity index (χ0) is 13.8. The monoisotopic (exact) mass is 327 g/mol. The number of aliphatic hydroxyl groups excluding tert-OH is 1. The summed E-state index contributed by atoms with van der Waals surface area (Å²) >= 11 is 3.33. The largest absolute Gasteiger partial charge is 0.394 e. The highest BCUT2D eigenvalue weighted by Gasteiger charge is 2.15. The average molecular weight is 328 g/mol. The maximum atomic E-state index is 13.7. The van der Waals surface area contributed by atoms with Gasteiger partial charge in [0, 0.05) is 21.8 Å². The fourth-order valence-electron chi connectivity index (χ4n) is 1.79. The third kappa shape index (κ3) is 3.52. The molecule has 0 heterocycles. The Kier molecular flexibility index (Phi) is 4.50. The maximum absolute atomic E-state index is 13.7. The van der Waals surface area contributed by atoms with Gasteiger partial charge in [-0.3, -0.25) is 0 Å². The van der Waals surface area contributed by atoms with Gasteiger partial charge < -0.3 is 10.4 Å². The van der Waals surface area contributed by atoms with E-state index in [2.05, 4.69) is 21.2 Å². The van der Waals surface area contributed by atoms with Crippen molar-refractivity contribution in [3.8, 4) is 0 Å². The fraction of sp³-hybridized carbons (Fsp3) is 0.143. The smallest absolute Gasteiger partial charge is 0.131 e. The number of anilines is 1. The minimum absolute atomic E-state index is 0.226. The van der Waals surface area contributed by atoms with Crippen LogP contribution in [-0.2, 0) is 0 Å². The van der Waals surface area contributed by atoms with E-state index in [-0.39, 0.29) is 12.2 Å². The second-order valence-electron chi connectivity index (χ2n) is 4.06. The Morgan fingerprint density at radius 2 is 1.95 bits per heavy atom. The third-order valence-electron chi connectivity index (χ3n) is 2.69. The van der Waals surface area contributed by atoms with E-state index in [0.717, 1.165) is 16.2 Å². The molecule has 0 amide bonds.